The third-order valence-corrected chi connectivity index (χ3v) is 5.24. The van der Waals surface area contributed by atoms with Crippen LogP contribution in [0, 0.1) is 5.92 Å². The zero-order valence-corrected chi connectivity index (χ0v) is 15.5. The highest BCUT2D eigenvalue weighted by molar-refractivity contribution is 5.99. The van der Waals surface area contributed by atoms with Gasteiger partial charge in [-0.05, 0) is 55.9 Å². The molecule has 0 bridgehead atoms. The molecule has 1 aromatic heterocycles. The SMILES string of the molecule is COCCCC1CCCN(C(=O)c2cc3cc(OC)ccc3n2C)C1. The van der Waals surface area contributed by atoms with E-state index in [0.29, 0.717) is 5.92 Å². The predicted octanol–water partition coefficient (Wildman–Crippen LogP) is 3.47. The summed E-state index contributed by atoms with van der Waals surface area (Å²) in [4.78, 5) is 15.1. The second kappa shape index (κ2) is 7.91. The Bertz CT molecular complexity index is 738. The van der Waals surface area contributed by atoms with Crippen molar-refractivity contribution in [2.75, 3.05) is 33.9 Å². The summed E-state index contributed by atoms with van der Waals surface area (Å²) in [5.41, 5.74) is 1.80. The van der Waals surface area contributed by atoms with Crippen molar-refractivity contribution in [2.45, 2.75) is 25.7 Å². The van der Waals surface area contributed by atoms with E-state index in [0.717, 1.165) is 61.3 Å². The molecule has 2 aromatic rings. The topological polar surface area (TPSA) is 43.7 Å². The van der Waals surface area contributed by atoms with Crippen molar-refractivity contribution in [2.24, 2.45) is 13.0 Å². The summed E-state index contributed by atoms with van der Waals surface area (Å²) in [7, 11) is 5.36. The minimum absolute atomic E-state index is 0.133. The van der Waals surface area contributed by atoms with Gasteiger partial charge in [-0.15, -0.1) is 0 Å². The van der Waals surface area contributed by atoms with Gasteiger partial charge >= 0.3 is 0 Å². The number of piperidine rings is 1. The lowest BCUT2D eigenvalue weighted by molar-refractivity contribution is 0.0651. The first-order valence-electron chi connectivity index (χ1n) is 9.05. The highest BCUT2D eigenvalue weighted by Gasteiger charge is 2.26. The average molecular weight is 344 g/mol. The minimum atomic E-state index is 0.133. The van der Waals surface area contributed by atoms with Crippen molar-refractivity contribution >= 4 is 16.8 Å². The van der Waals surface area contributed by atoms with Crippen LogP contribution in [0.25, 0.3) is 10.9 Å². The molecule has 5 heteroatoms. The lowest BCUT2D eigenvalue weighted by atomic mass is 9.93. The molecular weight excluding hydrogens is 316 g/mol. The number of fused-ring (bicyclic) bond motifs is 1. The molecule has 0 N–H and O–H groups in total. The Balaban J connectivity index is 1.75. The highest BCUT2D eigenvalue weighted by atomic mass is 16.5. The molecule has 1 aliphatic heterocycles. The highest BCUT2D eigenvalue weighted by Crippen LogP contribution is 2.27. The molecule has 1 aliphatic rings. The Kier molecular flexibility index (Phi) is 5.63. The molecule has 0 radical (unpaired) electrons. The number of nitrogens with zero attached hydrogens (tertiary/aromatic N) is 2. The number of ether oxygens (including phenoxy) is 2. The molecule has 0 spiro atoms. The van der Waals surface area contributed by atoms with E-state index in [2.05, 4.69) is 0 Å². The fourth-order valence-corrected chi connectivity index (χ4v) is 3.82. The summed E-state index contributed by atoms with van der Waals surface area (Å²) in [6, 6.07) is 7.91. The molecule has 1 saturated heterocycles. The molecule has 1 aromatic carbocycles. The van der Waals surface area contributed by atoms with E-state index in [1.807, 2.05) is 40.8 Å². The summed E-state index contributed by atoms with van der Waals surface area (Å²) >= 11 is 0. The fraction of sp³-hybridized carbons (Fsp3) is 0.550. The van der Waals surface area contributed by atoms with Crippen LogP contribution in [0.3, 0.4) is 0 Å². The van der Waals surface area contributed by atoms with Crippen molar-refractivity contribution in [1.82, 2.24) is 9.47 Å². The third kappa shape index (κ3) is 3.82. The van der Waals surface area contributed by atoms with Gasteiger partial charge < -0.3 is 18.9 Å². The van der Waals surface area contributed by atoms with E-state index in [9.17, 15) is 4.79 Å². The molecule has 1 atom stereocenters. The van der Waals surface area contributed by atoms with Gasteiger partial charge in [-0.1, -0.05) is 0 Å². The second-order valence-corrected chi connectivity index (χ2v) is 6.91. The summed E-state index contributed by atoms with van der Waals surface area (Å²) in [5.74, 6) is 1.53. The lowest BCUT2D eigenvalue weighted by Gasteiger charge is -2.33. The van der Waals surface area contributed by atoms with Crippen molar-refractivity contribution in [3.05, 3.63) is 30.0 Å². The number of hydrogen-bond donors (Lipinski definition) is 0. The maximum Gasteiger partial charge on any atom is 0.270 e. The van der Waals surface area contributed by atoms with Crippen LogP contribution in [-0.4, -0.2) is 49.3 Å². The molecule has 2 heterocycles. The number of aromatic nitrogens is 1. The maximum absolute atomic E-state index is 13.1. The lowest BCUT2D eigenvalue weighted by Crippen LogP contribution is -2.40. The molecule has 136 valence electrons. The minimum Gasteiger partial charge on any atom is -0.497 e. The van der Waals surface area contributed by atoms with Crippen LogP contribution >= 0.6 is 0 Å². The Labute approximate surface area is 149 Å². The fourth-order valence-electron chi connectivity index (χ4n) is 3.82. The number of aryl methyl sites for hydroxylation is 1. The number of likely N-dealkylation sites (tertiary alicyclic amines) is 1. The van der Waals surface area contributed by atoms with E-state index in [-0.39, 0.29) is 5.91 Å². The molecule has 25 heavy (non-hydrogen) atoms. The van der Waals surface area contributed by atoms with Crippen molar-refractivity contribution in [1.29, 1.82) is 0 Å². The summed E-state index contributed by atoms with van der Waals surface area (Å²) < 4.78 is 12.4. The van der Waals surface area contributed by atoms with Gasteiger partial charge in [0.05, 0.1) is 7.11 Å². The van der Waals surface area contributed by atoms with Crippen LogP contribution in [0.15, 0.2) is 24.3 Å². The molecule has 3 rings (SSSR count). The van der Waals surface area contributed by atoms with E-state index >= 15 is 0 Å². The van der Waals surface area contributed by atoms with Crippen LogP contribution in [-0.2, 0) is 11.8 Å². The first kappa shape index (κ1) is 17.8. The van der Waals surface area contributed by atoms with E-state index in [4.69, 9.17) is 9.47 Å². The van der Waals surface area contributed by atoms with Crippen LogP contribution in [0.2, 0.25) is 0 Å². The monoisotopic (exact) mass is 344 g/mol. The van der Waals surface area contributed by atoms with Gasteiger partial charge in [0, 0.05) is 44.8 Å². The molecule has 0 aliphatic carbocycles. The molecule has 0 saturated carbocycles. The van der Waals surface area contributed by atoms with Crippen molar-refractivity contribution in [3.8, 4) is 5.75 Å². The zero-order chi connectivity index (χ0) is 17.8. The number of amides is 1. The summed E-state index contributed by atoms with van der Waals surface area (Å²) in [6.07, 6.45) is 4.49. The Morgan fingerprint density at radius 3 is 2.88 bits per heavy atom. The first-order valence-corrected chi connectivity index (χ1v) is 9.05. The van der Waals surface area contributed by atoms with Gasteiger partial charge in [0.2, 0.25) is 0 Å². The Hall–Kier alpha value is -2.01. The van der Waals surface area contributed by atoms with Gasteiger partial charge in [-0.2, -0.15) is 0 Å². The van der Waals surface area contributed by atoms with Crippen LogP contribution in [0.4, 0.5) is 0 Å². The largest absolute Gasteiger partial charge is 0.497 e. The number of carbonyl (C=O) groups is 1. The zero-order valence-electron chi connectivity index (χ0n) is 15.5. The number of hydrogen-bond acceptors (Lipinski definition) is 3. The number of methoxy groups -OCH3 is 2. The van der Waals surface area contributed by atoms with Gasteiger partial charge in [0.25, 0.3) is 5.91 Å². The second-order valence-electron chi connectivity index (χ2n) is 6.91. The molecule has 1 unspecified atom stereocenters. The van der Waals surface area contributed by atoms with E-state index in [1.165, 1.54) is 6.42 Å². The van der Waals surface area contributed by atoms with Crippen molar-refractivity contribution in [3.63, 3.8) is 0 Å². The average Bonchev–Trinajstić information content (AvgIpc) is 2.97. The molecule has 1 amide bonds. The van der Waals surface area contributed by atoms with E-state index in [1.54, 1.807) is 14.2 Å². The number of carbonyl (C=O) groups excluding carboxylic acids is 1. The van der Waals surface area contributed by atoms with Crippen molar-refractivity contribution < 1.29 is 14.3 Å². The van der Waals surface area contributed by atoms with Gasteiger partial charge in [-0.25, -0.2) is 0 Å². The van der Waals surface area contributed by atoms with Gasteiger partial charge in [0.15, 0.2) is 0 Å². The maximum atomic E-state index is 13.1. The van der Waals surface area contributed by atoms with Crippen LogP contribution < -0.4 is 4.74 Å². The standard InChI is InChI=1S/C20H28N2O3/c1-21-18-9-8-17(25-3)12-16(18)13-19(21)20(23)22-10-4-6-15(14-22)7-5-11-24-2/h8-9,12-13,15H,4-7,10-11,14H2,1-3H3. The predicted molar refractivity (Wildman–Crippen MR) is 99.2 cm³/mol. The van der Waals surface area contributed by atoms with Gasteiger partial charge in [-0.3, -0.25) is 4.79 Å². The quantitative estimate of drug-likeness (QED) is 0.754. The van der Waals surface area contributed by atoms with Crippen LogP contribution in [0.5, 0.6) is 5.75 Å². The Morgan fingerprint density at radius 2 is 2.12 bits per heavy atom. The number of benzene rings is 1. The smallest absolute Gasteiger partial charge is 0.270 e. The van der Waals surface area contributed by atoms with E-state index < -0.39 is 0 Å². The van der Waals surface area contributed by atoms with Crippen LogP contribution in [0.1, 0.15) is 36.2 Å². The molecular formula is C20H28N2O3. The summed E-state index contributed by atoms with van der Waals surface area (Å²) in [6.45, 7) is 2.51. The summed E-state index contributed by atoms with van der Waals surface area (Å²) in [5, 5.41) is 1.04. The third-order valence-electron chi connectivity index (χ3n) is 5.24. The normalized spacial score (nSPS) is 17.9. The number of rotatable bonds is 6. The molecule has 5 nitrogen and oxygen atoms in total. The van der Waals surface area contributed by atoms with Gasteiger partial charge in [0.1, 0.15) is 11.4 Å². The Morgan fingerprint density at radius 1 is 1.28 bits per heavy atom. The molecule has 1 fully saturated rings. The first-order chi connectivity index (χ1) is 12.1.